The van der Waals surface area contributed by atoms with Gasteiger partial charge in [-0.3, -0.25) is 10.1 Å². The SMILES string of the molecule is CC(COc1cccc([N+](=O)[O-])c1)Nc1ncnc(N)n1. The van der Waals surface area contributed by atoms with E-state index in [-0.39, 0.29) is 24.3 Å². The summed E-state index contributed by atoms with van der Waals surface area (Å²) in [5, 5.41) is 13.7. The Kier molecular flexibility index (Phi) is 4.44. The van der Waals surface area contributed by atoms with Gasteiger partial charge in [0.25, 0.3) is 5.69 Å². The number of hydrogen-bond donors (Lipinski definition) is 2. The van der Waals surface area contributed by atoms with Crippen LogP contribution >= 0.6 is 0 Å². The Morgan fingerprint density at radius 1 is 1.48 bits per heavy atom. The number of hydrogen-bond acceptors (Lipinski definition) is 8. The lowest BCUT2D eigenvalue weighted by Gasteiger charge is -2.14. The molecule has 1 aromatic carbocycles. The van der Waals surface area contributed by atoms with Gasteiger partial charge in [-0.25, -0.2) is 9.97 Å². The average Bonchev–Trinajstić information content (AvgIpc) is 2.45. The van der Waals surface area contributed by atoms with E-state index in [0.717, 1.165) is 0 Å². The van der Waals surface area contributed by atoms with Crippen molar-refractivity contribution in [2.24, 2.45) is 0 Å². The first-order valence-electron chi connectivity index (χ1n) is 6.13. The summed E-state index contributed by atoms with van der Waals surface area (Å²) in [5.74, 6) is 0.893. The molecule has 1 heterocycles. The molecular weight excluding hydrogens is 276 g/mol. The second-order valence-corrected chi connectivity index (χ2v) is 4.28. The van der Waals surface area contributed by atoms with Gasteiger partial charge in [0.2, 0.25) is 11.9 Å². The van der Waals surface area contributed by atoms with Crippen molar-refractivity contribution in [3.8, 4) is 5.75 Å². The number of nitrogens with zero attached hydrogens (tertiary/aromatic N) is 4. The van der Waals surface area contributed by atoms with Crippen LogP contribution in [0.4, 0.5) is 17.6 Å². The van der Waals surface area contributed by atoms with Crippen LogP contribution in [0.5, 0.6) is 5.75 Å². The third-order valence-electron chi connectivity index (χ3n) is 2.49. The molecule has 1 unspecified atom stereocenters. The molecule has 1 atom stereocenters. The molecule has 2 rings (SSSR count). The zero-order chi connectivity index (χ0) is 15.2. The Balaban J connectivity index is 1.90. The summed E-state index contributed by atoms with van der Waals surface area (Å²) in [4.78, 5) is 21.7. The molecule has 0 aliphatic heterocycles. The number of ether oxygens (including phenoxy) is 1. The highest BCUT2D eigenvalue weighted by molar-refractivity contribution is 5.38. The minimum absolute atomic E-state index is 0.0154. The molecule has 1 aromatic heterocycles. The summed E-state index contributed by atoms with van der Waals surface area (Å²) >= 11 is 0. The van der Waals surface area contributed by atoms with Crippen LogP contribution in [0.1, 0.15) is 6.92 Å². The van der Waals surface area contributed by atoms with Gasteiger partial charge in [-0.05, 0) is 13.0 Å². The number of nitrogens with two attached hydrogens (primary N) is 1. The van der Waals surface area contributed by atoms with Gasteiger partial charge >= 0.3 is 0 Å². The predicted octanol–water partition coefficient (Wildman–Crippen LogP) is 1.24. The van der Waals surface area contributed by atoms with Crippen molar-refractivity contribution in [1.82, 2.24) is 15.0 Å². The van der Waals surface area contributed by atoms with E-state index in [0.29, 0.717) is 11.7 Å². The van der Waals surface area contributed by atoms with Crippen molar-refractivity contribution in [2.45, 2.75) is 13.0 Å². The van der Waals surface area contributed by atoms with E-state index in [9.17, 15) is 10.1 Å². The number of rotatable bonds is 6. The average molecular weight is 290 g/mol. The number of nitro groups is 1. The van der Waals surface area contributed by atoms with Crippen molar-refractivity contribution >= 4 is 17.6 Å². The van der Waals surface area contributed by atoms with E-state index in [1.165, 1.54) is 18.5 Å². The molecule has 0 radical (unpaired) electrons. The molecule has 0 saturated heterocycles. The van der Waals surface area contributed by atoms with E-state index < -0.39 is 4.92 Å². The van der Waals surface area contributed by atoms with E-state index in [2.05, 4.69) is 20.3 Å². The van der Waals surface area contributed by atoms with Crippen molar-refractivity contribution in [1.29, 1.82) is 0 Å². The van der Waals surface area contributed by atoms with Crippen LogP contribution in [0.25, 0.3) is 0 Å². The molecule has 0 bridgehead atoms. The number of non-ortho nitro benzene ring substituents is 1. The van der Waals surface area contributed by atoms with Crippen LogP contribution in [0, 0.1) is 10.1 Å². The van der Waals surface area contributed by atoms with Gasteiger partial charge in [0.05, 0.1) is 17.0 Å². The molecule has 0 spiro atoms. The van der Waals surface area contributed by atoms with Gasteiger partial charge in [0, 0.05) is 6.07 Å². The van der Waals surface area contributed by atoms with Crippen LogP contribution in [0.3, 0.4) is 0 Å². The molecule has 0 amide bonds. The summed E-state index contributed by atoms with van der Waals surface area (Å²) in [7, 11) is 0. The smallest absolute Gasteiger partial charge is 0.273 e. The number of nitro benzene ring substituents is 1. The second-order valence-electron chi connectivity index (χ2n) is 4.28. The molecule has 0 aliphatic carbocycles. The Bertz CT molecular complexity index is 636. The highest BCUT2D eigenvalue weighted by atomic mass is 16.6. The Morgan fingerprint density at radius 2 is 2.29 bits per heavy atom. The fourth-order valence-corrected chi connectivity index (χ4v) is 1.55. The largest absolute Gasteiger partial charge is 0.491 e. The Labute approximate surface area is 120 Å². The number of nitrogen functional groups attached to an aromatic ring is 1. The molecule has 3 N–H and O–H groups in total. The summed E-state index contributed by atoms with van der Waals surface area (Å²) in [6, 6.07) is 5.88. The number of anilines is 2. The van der Waals surface area contributed by atoms with E-state index in [1.807, 2.05) is 6.92 Å². The molecule has 0 fully saturated rings. The molecule has 110 valence electrons. The van der Waals surface area contributed by atoms with Gasteiger partial charge in [0.1, 0.15) is 18.7 Å². The molecule has 2 aromatic rings. The molecule has 21 heavy (non-hydrogen) atoms. The normalized spacial score (nSPS) is 11.7. The minimum Gasteiger partial charge on any atom is -0.491 e. The van der Waals surface area contributed by atoms with Gasteiger partial charge in [-0.2, -0.15) is 4.98 Å². The van der Waals surface area contributed by atoms with Crippen molar-refractivity contribution in [3.05, 3.63) is 40.7 Å². The van der Waals surface area contributed by atoms with Gasteiger partial charge in [-0.1, -0.05) is 6.07 Å². The quantitative estimate of drug-likeness (QED) is 0.600. The maximum absolute atomic E-state index is 10.7. The molecule has 0 aliphatic rings. The highest BCUT2D eigenvalue weighted by Crippen LogP contribution is 2.19. The number of aromatic nitrogens is 3. The topological polar surface area (TPSA) is 129 Å². The summed E-state index contributed by atoms with van der Waals surface area (Å²) in [6.07, 6.45) is 1.30. The number of nitrogens with one attached hydrogen (secondary N) is 1. The first-order chi connectivity index (χ1) is 10.0. The Hall–Kier alpha value is -2.97. The zero-order valence-corrected chi connectivity index (χ0v) is 11.3. The van der Waals surface area contributed by atoms with Gasteiger partial charge < -0.3 is 15.8 Å². The lowest BCUT2D eigenvalue weighted by Crippen LogP contribution is -2.24. The van der Waals surface area contributed by atoms with Crippen molar-refractivity contribution < 1.29 is 9.66 Å². The molecular formula is C12H14N6O3. The van der Waals surface area contributed by atoms with Gasteiger partial charge in [-0.15, -0.1) is 0 Å². The van der Waals surface area contributed by atoms with E-state index >= 15 is 0 Å². The summed E-state index contributed by atoms with van der Waals surface area (Å²) in [5.41, 5.74) is 5.43. The van der Waals surface area contributed by atoms with Crippen LogP contribution in [-0.4, -0.2) is 32.5 Å². The lowest BCUT2D eigenvalue weighted by molar-refractivity contribution is -0.384. The number of benzene rings is 1. The first-order valence-corrected chi connectivity index (χ1v) is 6.13. The maximum Gasteiger partial charge on any atom is 0.273 e. The Morgan fingerprint density at radius 3 is 3.00 bits per heavy atom. The van der Waals surface area contributed by atoms with Crippen LogP contribution < -0.4 is 15.8 Å². The van der Waals surface area contributed by atoms with Crippen LogP contribution in [0.15, 0.2) is 30.6 Å². The fourth-order valence-electron chi connectivity index (χ4n) is 1.55. The van der Waals surface area contributed by atoms with Crippen LogP contribution in [-0.2, 0) is 0 Å². The maximum atomic E-state index is 10.7. The lowest BCUT2D eigenvalue weighted by atomic mass is 10.3. The molecule has 0 saturated carbocycles. The van der Waals surface area contributed by atoms with Crippen molar-refractivity contribution in [2.75, 3.05) is 17.7 Å². The summed E-state index contributed by atoms with van der Waals surface area (Å²) in [6.45, 7) is 2.14. The fraction of sp³-hybridized carbons (Fsp3) is 0.250. The second kappa shape index (κ2) is 6.46. The standard InChI is InChI=1S/C12H14N6O3/c1-8(16-12-15-7-14-11(13)17-12)6-21-10-4-2-3-9(5-10)18(19)20/h2-5,7-8H,6H2,1H3,(H3,13,14,15,16,17). The molecule has 9 heteroatoms. The predicted molar refractivity (Wildman–Crippen MR) is 75.9 cm³/mol. The van der Waals surface area contributed by atoms with Crippen molar-refractivity contribution in [3.63, 3.8) is 0 Å². The monoisotopic (exact) mass is 290 g/mol. The highest BCUT2D eigenvalue weighted by Gasteiger charge is 2.09. The van der Waals surface area contributed by atoms with Gasteiger partial charge in [0.15, 0.2) is 0 Å². The minimum atomic E-state index is -0.470. The van der Waals surface area contributed by atoms with E-state index in [4.69, 9.17) is 10.5 Å². The van der Waals surface area contributed by atoms with E-state index in [1.54, 1.807) is 12.1 Å². The van der Waals surface area contributed by atoms with Crippen LogP contribution in [0.2, 0.25) is 0 Å². The molecule has 9 nitrogen and oxygen atoms in total. The third kappa shape index (κ3) is 4.27. The first kappa shape index (κ1) is 14.4. The zero-order valence-electron chi connectivity index (χ0n) is 11.3. The third-order valence-corrected chi connectivity index (χ3v) is 2.49. The summed E-state index contributed by atoms with van der Waals surface area (Å²) < 4.78 is 5.49.